The molecule has 0 saturated heterocycles. The molecule has 0 radical (unpaired) electrons. The number of aryl methyl sites for hydroxylation is 1. The van der Waals surface area contributed by atoms with Crippen molar-refractivity contribution in [1.29, 1.82) is 0 Å². The number of aromatic nitrogens is 3. The maximum Gasteiger partial charge on any atom is 0.335 e. The normalized spacial score (nSPS) is 11.4. The summed E-state index contributed by atoms with van der Waals surface area (Å²) < 4.78 is 28.0. The van der Waals surface area contributed by atoms with E-state index < -0.39 is 15.8 Å². The molecule has 0 saturated carbocycles. The summed E-state index contributed by atoms with van der Waals surface area (Å²) in [4.78, 5) is 11.5. The fourth-order valence-electron chi connectivity index (χ4n) is 3.07. The van der Waals surface area contributed by atoms with Gasteiger partial charge in [0.15, 0.2) is 0 Å². The van der Waals surface area contributed by atoms with Gasteiger partial charge in [0.1, 0.15) is 5.69 Å². The Balaban J connectivity index is 1.97. The predicted molar refractivity (Wildman–Crippen MR) is 110 cm³/mol. The van der Waals surface area contributed by atoms with Crippen LogP contribution < -0.4 is 0 Å². The van der Waals surface area contributed by atoms with Gasteiger partial charge in [0.05, 0.1) is 16.1 Å². The van der Waals surface area contributed by atoms with Crippen molar-refractivity contribution in [2.24, 2.45) is 0 Å². The molecule has 0 unspecified atom stereocenters. The highest BCUT2D eigenvalue weighted by Crippen LogP contribution is 2.31. The summed E-state index contributed by atoms with van der Waals surface area (Å²) in [5, 5.41) is 17.2. The minimum Gasteiger partial charge on any atom is -0.478 e. The van der Waals surface area contributed by atoms with Crippen molar-refractivity contribution in [1.82, 2.24) is 15.0 Å². The molecule has 4 aromatic rings. The zero-order chi connectivity index (χ0) is 21.3. The summed E-state index contributed by atoms with van der Waals surface area (Å²) in [6, 6.07) is 21.5. The van der Waals surface area contributed by atoms with Crippen LogP contribution in [0, 0.1) is 6.92 Å². The quantitative estimate of drug-likeness (QED) is 0.528. The van der Waals surface area contributed by atoms with E-state index in [2.05, 4.69) is 10.3 Å². The molecule has 4 rings (SSSR count). The van der Waals surface area contributed by atoms with E-state index in [4.69, 9.17) is 0 Å². The predicted octanol–water partition coefficient (Wildman–Crippen LogP) is 3.77. The number of carbonyl (C=O) groups is 1. The highest BCUT2D eigenvalue weighted by atomic mass is 32.2. The van der Waals surface area contributed by atoms with E-state index in [9.17, 15) is 18.3 Å². The van der Waals surface area contributed by atoms with E-state index >= 15 is 0 Å². The van der Waals surface area contributed by atoms with Gasteiger partial charge >= 0.3 is 5.97 Å². The first kappa shape index (κ1) is 19.5. The lowest BCUT2D eigenvalue weighted by atomic mass is 10.1. The summed E-state index contributed by atoms with van der Waals surface area (Å²) in [7, 11) is -3.96. The van der Waals surface area contributed by atoms with Gasteiger partial charge < -0.3 is 5.11 Å². The number of carboxylic acid groups (broad SMARTS) is 1. The van der Waals surface area contributed by atoms with Crippen molar-refractivity contribution in [3.63, 3.8) is 0 Å². The molecule has 1 aromatic heterocycles. The second-order valence-corrected chi connectivity index (χ2v) is 8.56. The number of hydrogen-bond acceptors (Lipinski definition) is 5. The number of hydrogen-bond donors (Lipinski definition) is 1. The molecule has 7 nitrogen and oxygen atoms in total. The fourth-order valence-corrected chi connectivity index (χ4v) is 4.39. The molecule has 1 heterocycles. The Bertz CT molecular complexity index is 1330. The van der Waals surface area contributed by atoms with Crippen LogP contribution in [0.4, 0.5) is 0 Å². The highest BCUT2D eigenvalue weighted by molar-refractivity contribution is 7.91. The monoisotopic (exact) mass is 419 g/mol. The smallest absolute Gasteiger partial charge is 0.335 e. The molecule has 150 valence electrons. The number of nitrogens with zero attached hydrogens (tertiary/aromatic N) is 3. The summed E-state index contributed by atoms with van der Waals surface area (Å²) in [6.07, 6.45) is 0. The Labute approximate surface area is 173 Å². The fraction of sp³-hybridized carbons (Fsp3) is 0.0455. The third-order valence-corrected chi connectivity index (χ3v) is 6.29. The molecule has 30 heavy (non-hydrogen) atoms. The third kappa shape index (κ3) is 3.48. The molecule has 0 spiro atoms. The summed E-state index contributed by atoms with van der Waals surface area (Å²) in [5.74, 6) is -1.09. The van der Waals surface area contributed by atoms with Gasteiger partial charge in [-0.05, 0) is 37.3 Å². The number of benzene rings is 3. The van der Waals surface area contributed by atoms with Crippen molar-refractivity contribution in [3.8, 4) is 16.9 Å². The van der Waals surface area contributed by atoms with Crippen molar-refractivity contribution < 1.29 is 18.3 Å². The van der Waals surface area contributed by atoms with Crippen molar-refractivity contribution >= 4 is 15.8 Å². The Kier molecular flexibility index (Phi) is 4.93. The summed E-state index contributed by atoms with van der Waals surface area (Å²) in [5.41, 5.74) is 2.25. The second-order valence-electron chi connectivity index (χ2n) is 6.69. The number of aromatic carboxylic acids is 1. The molecular weight excluding hydrogens is 402 g/mol. The molecule has 3 aromatic carbocycles. The van der Waals surface area contributed by atoms with Crippen LogP contribution in [0.5, 0.6) is 0 Å². The SMILES string of the molecule is Cc1ccc(S(=O)(=O)c2nnn(-c3cccc(C(=O)O)c3)c2-c2ccccc2)cc1. The van der Waals surface area contributed by atoms with E-state index in [1.165, 1.54) is 28.9 Å². The second kappa shape index (κ2) is 7.57. The van der Waals surface area contributed by atoms with Gasteiger partial charge in [0.25, 0.3) is 0 Å². The van der Waals surface area contributed by atoms with Crippen LogP contribution in [0.3, 0.4) is 0 Å². The molecule has 8 heteroatoms. The van der Waals surface area contributed by atoms with Gasteiger partial charge in [-0.3, -0.25) is 0 Å². The van der Waals surface area contributed by atoms with Gasteiger partial charge in [-0.15, -0.1) is 5.10 Å². The zero-order valence-electron chi connectivity index (χ0n) is 15.9. The van der Waals surface area contributed by atoms with Crippen molar-refractivity contribution in [2.45, 2.75) is 16.8 Å². The van der Waals surface area contributed by atoms with Crippen molar-refractivity contribution in [2.75, 3.05) is 0 Å². The molecule has 0 aliphatic carbocycles. The van der Waals surface area contributed by atoms with Gasteiger partial charge in [0, 0.05) is 5.56 Å². The molecule has 0 aliphatic rings. The summed E-state index contributed by atoms with van der Waals surface area (Å²) in [6.45, 7) is 1.87. The van der Waals surface area contributed by atoms with Crippen LogP contribution >= 0.6 is 0 Å². The average Bonchev–Trinajstić information content (AvgIpc) is 3.21. The molecule has 0 amide bonds. The minimum atomic E-state index is -3.96. The van der Waals surface area contributed by atoms with Crippen molar-refractivity contribution in [3.05, 3.63) is 90.0 Å². The molecule has 0 bridgehead atoms. The van der Waals surface area contributed by atoms with Gasteiger partial charge in [-0.25, -0.2) is 17.9 Å². The highest BCUT2D eigenvalue weighted by Gasteiger charge is 2.29. The molecule has 0 aliphatic heterocycles. The lowest BCUT2D eigenvalue weighted by molar-refractivity contribution is 0.0697. The Morgan fingerprint density at radius 1 is 0.933 bits per heavy atom. The van der Waals surface area contributed by atoms with Crippen LogP contribution in [0.2, 0.25) is 0 Å². The first-order valence-corrected chi connectivity index (χ1v) is 10.5. The van der Waals surface area contributed by atoms with Gasteiger partial charge in [-0.2, -0.15) is 0 Å². The lowest BCUT2D eigenvalue weighted by Gasteiger charge is -2.10. The van der Waals surface area contributed by atoms with E-state index in [0.717, 1.165) is 5.56 Å². The molecule has 0 fully saturated rings. The van der Waals surface area contributed by atoms with Crippen LogP contribution in [-0.4, -0.2) is 34.5 Å². The van der Waals surface area contributed by atoms with E-state index in [0.29, 0.717) is 11.3 Å². The van der Waals surface area contributed by atoms with E-state index in [1.54, 1.807) is 48.5 Å². The average molecular weight is 419 g/mol. The molecule has 1 N–H and O–H groups in total. The molecular formula is C22H17N3O4S. The number of rotatable bonds is 5. The third-order valence-electron chi connectivity index (χ3n) is 4.61. The van der Waals surface area contributed by atoms with Crippen LogP contribution in [0.1, 0.15) is 15.9 Å². The van der Waals surface area contributed by atoms with Crippen LogP contribution in [-0.2, 0) is 9.84 Å². The standard InChI is InChI=1S/C22H17N3O4S/c1-15-10-12-19(13-11-15)30(28,29)21-20(16-6-3-2-4-7-16)25(24-23-21)18-9-5-8-17(14-18)22(26)27/h2-14H,1H3,(H,26,27). The molecule has 0 atom stereocenters. The lowest BCUT2D eigenvalue weighted by Crippen LogP contribution is -2.06. The van der Waals surface area contributed by atoms with Gasteiger partial charge in [-0.1, -0.05) is 59.3 Å². The van der Waals surface area contributed by atoms with Crippen LogP contribution in [0.25, 0.3) is 16.9 Å². The number of sulfone groups is 1. The Morgan fingerprint density at radius 3 is 2.30 bits per heavy atom. The topological polar surface area (TPSA) is 102 Å². The van der Waals surface area contributed by atoms with E-state index in [-0.39, 0.29) is 21.2 Å². The largest absolute Gasteiger partial charge is 0.478 e. The van der Waals surface area contributed by atoms with E-state index in [1.807, 2.05) is 13.0 Å². The maximum atomic E-state index is 13.3. The Hall–Kier alpha value is -3.78. The maximum absolute atomic E-state index is 13.3. The van der Waals surface area contributed by atoms with Gasteiger partial charge in [0.2, 0.25) is 14.9 Å². The number of carboxylic acids is 1. The first-order valence-electron chi connectivity index (χ1n) is 9.04. The summed E-state index contributed by atoms with van der Waals surface area (Å²) >= 11 is 0. The van der Waals surface area contributed by atoms with Crippen LogP contribution in [0.15, 0.2) is 88.8 Å². The zero-order valence-corrected chi connectivity index (χ0v) is 16.7. The first-order chi connectivity index (χ1) is 14.4. The minimum absolute atomic E-state index is 0.0601. The Morgan fingerprint density at radius 2 is 1.63 bits per heavy atom.